The molecule has 3 atom stereocenters. The topological polar surface area (TPSA) is 44.3 Å². The highest BCUT2D eigenvalue weighted by atomic mass is 16.3. The second-order valence-electron chi connectivity index (χ2n) is 6.00. The van der Waals surface area contributed by atoms with Gasteiger partial charge in [-0.15, -0.1) is 0 Å². The molecule has 0 bridgehead atoms. The predicted octanol–water partition coefficient (Wildman–Crippen LogP) is 0.735. The van der Waals surface area contributed by atoms with Crippen molar-refractivity contribution in [1.82, 2.24) is 10.6 Å². The number of hydrogen-bond acceptors (Lipinski definition) is 3. The van der Waals surface area contributed by atoms with Crippen LogP contribution in [0.15, 0.2) is 0 Å². The Morgan fingerprint density at radius 3 is 2.73 bits per heavy atom. The molecule has 1 aliphatic carbocycles. The van der Waals surface area contributed by atoms with Crippen molar-refractivity contribution in [2.24, 2.45) is 11.3 Å². The van der Waals surface area contributed by atoms with Gasteiger partial charge in [-0.1, -0.05) is 13.8 Å². The van der Waals surface area contributed by atoms with E-state index in [9.17, 15) is 5.11 Å². The van der Waals surface area contributed by atoms with Crippen LogP contribution in [0.4, 0.5) is 0 Å². The molecular formula is C12H24N2O. The fourth-order valence-electron chi connectivity index (χ4n) is 2.86. The van der Waals surface area contributed by atoms with Crippen LogP contribution < -0.4 is 10.6 Å². The second kappa shape index (κ2) is 4.40. The normalized spacial score (nSPS) is 39.8. The van der Waals surface area contributed by atoms with E-state index in [1.165, 1.54) is 19.3 Å². The first-order valence-corrected chi connectivity index (χ1v) is 6.19. The molecule has 1 heterocycles. The molecule has 15 heavy (non-hydrogen) atoms. The maximum Gasteiger partial charge on any atom is 0.0716 e. The molecule has 88 valence electrons. The van der Waals surface area contributed by atoms with Gasteiger partial charge in [0.25, 0.3) is 0 Å². The molecule has 1 saturated carbocycles. The molecule has 0 aromatic rings. The van der Waals surface area contributed by atoms with Gasteiger partial charge in [0.1, 0.15) is 0 Å². The van der Waals surface area contributed by atoms with Crippen molar-refractivity contribution in [1.29, 1.82) is 0 Å². The Labute approximate surface area is 92.6 Å². The van der Waals surface area contributed by atoms with Crippen LogP contribution >= 0.6 is 0 Å². The van der Waals surface area contributed by atoms with Gasteiger partial charge < -0.3 is 15.7 Å². The molecule has 1 saturated heterocycles. The van der Waals surface area contributed by atoms with Gasteiger partial charge in [0.15, 0.2) is 0 Å². The molecule has 2 fully saturated rings. The highest BCUT2D eigenvalue weighted by molar-refractivity contribution is 4.88. The van der Waals surface area contributed by atoms with Gasteiger partial charge in [-0.25, -0.2) is 0 Å². The summed E-state index contributed by atoms with van der Waals surface area (Å²) in [5, 5.41) is 16.5. The average molecular weight is 212 g/mol. The zero-order chi connectivity index (χ0) is 10.9. The van der Waals surface area contributed by atoms with Crippen molar-refractivity contribution in [2.75, 3.05) is 19.6 Å². The molecule has 3 heteroatoms. The molecule has 0 aromatic heterocycles. The summed E-state index contributed by atoms with van der Waals surface area (Å²) in [4.78, 5) is 0. The molecule has 3 unspecified atom stereocenters. The Balaban J connectivity index is 1.70. The minimum atomic E-state index is -0.146. The second-order valence-corrected chi connectivity index (χ2v) is 6.00. The van der Waals surface area contributed by atoms with Crippen molar-refractivity contribution in [3.63, 3.8) is 0 Å². The van der Waals surface area contributed by atoms with Crippen LogP contribution in [0.25, 0.3) is 0 Å². The SMILES string of the molecule is CC1(C)CCC(NCC2CNCC2O)C1. The number of aliphatic hydroxyl groups excluding tert-OH is 1. The van der Waals surface area contributed by atoms with Crippen LogP contribution in [-0.2, 0) is 0 Å². The Morgan fingerprint density at radius 2 is 2.20 bits per heavy atom. The number of β-amino-alcohol motifs (C(OH)–C–C–N with tert-alkyl or cyclic N) is 1. The van der Waals surface area contributed by atoms with Crippen LogP contribution in [0.3, 0.4) is 0 Å². The number of aliphatic hydroxyl groups is 1. The number of nitrogens with one attached hydrogen (secondary N) is 2. The van der Waals surface area contributed by atoms with Gasteiger partial charge >= 0.3 is 0 Å². The molecule has 2 aliphatic rings. The first-order valence-electron chi connectivity index (χ1n) is 6.19. The van der Waals surface area contributed by atoms with Crippen LogP contribution in [0, 0.1) is 11.3 Å². The lowest BCUT2D eigenvalue weighted by Crippen LogP contribution is -2.36. The maximum absolute atomic E-state index is 9.66. The zero-order valence-corrected chi connectivity index (χ0v) is 9.92. The van der Waals surface area contributed by atoms with E-state index in [0.717, 1.165) is 19.6 Å². The summed E-state index contributed by atoms with van der Waals surface area (Å²) in [6.07, 6.45) is 3.76. The lowest BCUT2D eigenvalue weighted by Gasteiger charge is -2.20. The fraction of sp³-hybridized carbons (Fsp3) is 1.00. The summed E-state index contributed by atoms with van der Waals surface area (Å²) in [6.45, 7) is 7.39. The summed E-state index contributed by atoms with van der Waals surface area (Å²) in [6, 6.07) is 0.674. The van der Waals surface area contributed by atoms with Crippen molar-refractivity contribution in [2.45, 2.75) is 45.3 Å². The van der Waals surface area contributed by atoms with Gasteiger partial charge in [-0.3, -0.25) is 0 Å². The van der Waals surface area contributed by atoms with E-state index in [4.69, 9.17) is 0 Å². The first-order chi connectivity index (χ1) is 7.07. The molecular weight excluding hydrogens is 188 g/mol. The van der Waals surface area contributed by atoms with E-state index >= 15 is 0 Å². The quantitative estimate of drug-likeness (QED) is 0.646. The van der Waals surface area contributed by atoms with Crippen LogP contribution in [0.5, 0.6) is 0 Å². The molecule has 3 nitrogen and oxygen atoms in total. The summed E-state index contributed by atoms with van der Waals surface area (Å²) in [5.41, 5.74) is 0.518. The van der Waals surface area contributed by atoms with Gasteiger partial charge in [0.2, 0.25) is 0 Å². The molecule has 0 amide bonds. The minimum Gasteiger partial charge on any atom is -0.391 e. The van der Waals surface area contributed by atoms with E-state index in [1.54, 1.807) is 0 Å². The first kappa shape index (κ1) is 11.4. The predicted molar refractivity (Wildman–Crippen MR) is 61.8 cm³/mol. The summed E-state index contributed by atoms with van der Waals surface area (Å²) >= 11 is 0. The van der Waals surface area contributed by atoms with E-state index in [0.29, 0.717) is 17.4 Å². The van der Waals surface area contributed by atoms with Crippen LogP contribution in [0.1, 0.15) is 33.1 Å². The molecule has 2 rings (SSSR count). The van der Waals surface area contributed by atoms with Gasteiger partial charge in [0.05, 0.1) is 6.10 Å². The standard InChI is InChI=1S/C12H24N2O/c1-12(2)4-3-10(5-12)14-7-9-6-13-8-11(9)15/h9-11,13-15H,3-8H2,1-2H3. The van der Waals surface area contributed by atoms with E-state index in [1.807, 2.05) is 0 Å². The molecule has 3 N–H and O–H groups in total. The van der Waals surface area contributed by atoms with Crippen molar-refractivity contribution >= 4 is 0 Å². The third-order valence-electron chi connectivity index (χ3n) is 3.94. The largest absolute Gasteiger partial charge is 0.391 e. The van der Waals surface area contributed by atoms with Crippen molar-refractivity contribution in [3.05, 3.63) is 0 Å². The van der Waals surface area contributed by atoms with Gasteiger partial charge in [-0.05, 0) is 24.7 Å². The van der Waals surface area contributed by atoms with Gasteiger partial charge in [-0.2, -0.15) is 0 Å². The lowest BCUT2D eigenvalue weighted by molar-refractivity contribution is 0.144. The summed E-state index contributed by atoms with van der Waals surface area (Å²) in [7, 11) is 0. The smallest absolute Gasteiger partial charge is 0.0716 e. The Hall–Kier alpha value is -0.120. The van der Waals surface area contributed by atoms with Crippen molar-refractivity contribution < 1.29 is 5.11 Å². The zero-order valence-electron chi connectivity index (χ0n) is 9.92. The third kappa shape index (κ3) is 2.92. The summed E-state index contributed by atoms with van der Waals surface area (Å²) in [5.74, 6) is 0.411. The Kier molecular flexibility index (Phi) is 3.33. The fourth-order valence-corrected chi connectivity index (χ4v) is 2.86. The van der Waals surface area contributed by atoms with Crippen molar-refractivity contribution in [3.8, 4) is 0 Å². The van der Waals surface area contributed by atoms with Gasteiger partial charge in [0, 0.05) is 31.6 Å². The monoisotopic (exact) mass is 212 g/mol. The van der Waals surface area contributed by atoms with E-state index in [-0.39, 0.29) is 6.10 Å². The third-order valence-corrected chi connectivity index (χ3v) is 3.94. The molecule has 1 aliphatic heterocycles. The Bertz CT molecular complexity index is 218. The van der Waals surface area contributed by atoms with Crippen LogP contribution in [0.2, 0.25) is 0 Å². The number of hydrogen-bond donors (Lipinski definition) is 3. The minimum absolute atomic E-state index is 0.146. The maximum atomic E-state index is 9.66. The molecule has 0 spiro atoms. The lowest BCUT2D eigenvalue weighted by atomic mass is 9.92. The number of rotatable bonds is 3. The molecule has 0 aromatic carbocycles. The van der Waals surface area contributed by atoms with E-state index < -0.39 is 0 Å². The summed E-state index contributed by atoms with van der Waals surface area (Å²) < 4.78 is 0. The highest BCUT2D eigenvalue weighted by Gasteiger charge is 2.32. The Morgan fingerprint density at radius 1 is 1.40 bits per heavy atom. The average Bonchev–Trinajstić information content (AvgIpc) is 2.69. The van der Waals surface area contributed by atoms with Crippen LogP contribution in [-0.4, -0.2) is 36.9 Å². The molecule has 0 radical (unpaired) electrons. The highest BCUT2D eigenvalue weighted by Crippen LogP contribution is 2.36. The van der Waals surface area contributed by atoms with E-state index in [2.05, 4.69) is 24.5 Å².